The molecule has 0 bridgehead atoms. The highest BCUT2D eigenvalue weighted by molar-refractivity contribution is 9.10. The van der Waals surface area contributed by atoms with E-state index in [1.165, 1.54) is 0 Å². The van der Waals surface area contributed by atoms with Crippen LogP contribution in [0.2, 0.25) is 5.02 Å². The summed E-state index contributed by atoms with van der Waals surface area (Å²) in [4.78, 5) is 13.8. The maximum atomic E-state index is 12.2. The fraction of sp³-hybridized carbons (Fsp3) is 0.235. The second kappa shape index (κ2) is 8.20. The number of amides is 1. The van der Waals surface area contributed by atoms with Crippen LogP contribution in [0.1, 0.15) is 5.56 Å². The molecule has 0 N–H and O–H groups in total. The van der Waals surface area contributed by atoms with Crippen LogP contribution in [0.15, 0.2) is 53.0 Å². The van der Waals surface area contributed by atoms with Crippen LogP contribution in [0.25, 0.3) is 0 Å². The molecule has 0 heterocycles. The lowest BCUT2D eigenvalue weighted by Gasteiger charge is -2.18. The highest BCUT2D eigenvalue weighted by atomic mass is 79.9. The van der Waals surface area contributed by atoms with Crippen LogP contribution in [-0.4, -0.2) is 31.0 Å². The summed E-state index contributed by atoms with van der Waals surface area (Å²) < 4.78 is 6.62. The van der Waals surface area contributed by atoms with Crippen LogP contribution in [0.5, 0.6) is 5.75 Å². The molecule has 2 aromatic carbocycles. The molecule has 0 aliphatic heterocycles. The van der Waals surface area contributed by atoms with Gasteiger partial charge in [-0.2, -0.15) is 0 Å². The van der Waals surface area contributed by atoms with E-state index in [0.717, 1.165) is 15.8 Å². The van der Waals surface area contributed by atoms with Gasteiger partial charge in [0.15, 0.2) is 0 Å². The van der Waals surface area contributed by atoms with Crippen molar-refractivity contribution in [3.63, 3.8) is 0 Å². The summed E-state index contributed by atoms with van der Waals surface area (Å²) in [5.41, 5.74) is 0.842. The second-order valence-electron chi connectivity index (χ2n) is 4.89. The van der Waals surface area contributed by atoms with E-state index < -0.39 is 0 Å². The molecule has 0 spiro atoms. The van der Waals surface area contributed by atoms with Crippen molar-refractivity contribution in [3.05, 3.63) is 63.6 Å². The zero-order valence-corrected chi connectivity index (χ0v) is 14.6. The molecule has 1 amide bonds. The second-order valence-corrected chi connectivity index (χ2v) is 6.21. The van der Waals surface area contributed by atoms with Crippen molar-refractivity contribution in [1.29, 1.82) is 0 Å². The number of benzene rings is 2. The van der Waals surface area contributed by atoms with Gasteiger partial charge < -0.3 is 9.64 Å². The van der Waals surface area contributed by atoms with Gasteiger partial charge in [0.05, 0.1) is 13.0 Å². The highest BCUT2D eigenvalue weighted by Gasteiger charge is 2.11. The van der Waals surface area contributed by atoms with E-state index in [0.29, 0.717) is 24.6 Å². The summed E-state index contributed by atoms with van der Waals surface area (Å²) in [5.74, 6) is 0.808. The molecule has 0 radical (unpaired) electrons. The predicted molar refractivity (Wildman–Crippen MR) is 92.4 cm³/mol. The van der Waals surface area contributed by atoms with Crippen LogP contribution < -0.4 is 4.74 Å². The summed E-state index contributed by atoms with van der Waals surface area (Å²) in [6.45, 7) is 0.978. The lowest BCUT2D eigenvalue weighted by atomic mass is 10.1. The maximum absolute atomic E-state index is 12.2. The molecule has 3 nitrogen and oxygen atoms in total. The number of likely N-dealkylation sites (N-methyl/N-ethyl adjacent to an activating group) is 1. The normalized spacial score (nSPS) is 10.3. The van der Waals surface area contributed by atoms with Gasteiger partial charge >= 0.3 is 0 Å². The van der Waals surface area contributed by atoms with Gasteiger partial charge in [-0.15, -0.1) is 0 Å². The molecule has 0 saturated carbocycles. The van der Waals surface area contributed by atoms with Crippen LogP contribution in [-0.2, 0) is 11.2 Å². The van der Waals surface area contributed by atoms with Crippen molar-refractivity contribution in [2.75, 3.05) is 20.2 Å². The van der Waals surface area contributed by atoms with Crippen molar-refractivity contribution in [2.45, 2.75) is 6.42 Å². The average Bonchev–Trinajstić information content (AvgIpc) is 2.51. The molecule has 0 aliphatic rings. The van der Waals surface area contributed by atoms with Crippen molar-refractivity contribution in [3.8, 4) is 5.75 Å². The minimum atomic E-state index is 0.0208. The molecule has 0 unspecified atom stereocenters. The quantitative estimate of drug-likeness (QED) is 0.750. The Labute approximate surface area is 144 Å². The molecule has 0 fully saturated rings. The Bertz CT molecular complexity index is 631. The molecule has 116 valence electrons. The molecule has 2 aromatic rings. The predicted octanol–water partition coefficient (Wildman–Crippen LogP) is 4.18. The fourth-order valence-corrected chi connectivity index (χ4v) is 2.36. The van der Waals surface area contributed by atoms with E-state index in [1.807, 2.05) is 42.5 Å². The lowest BCUT2D eigenvalue weighted by molar-refractivity contribution is -0.129. The minimum absolute atomic E-state index is 0.0208. The van der Waals surface area contributed by atoms with E-state index in [-0.39, 0.29) is 5.91 Å². The molecule has 0 atom stereocenters. The minimum Gasteiger partial charge on any atom is -0.492 e. The number of hydrogen-bond acceptors (Lipinski definition) is 2. The molecular weight excluding hydrogens is 366 g/mol. The van der Waals surface area contributed by atoms with Gasteiger partial charge in [0.2, 0.25) is 5.91 Å². The van der Waals surface area contributed by atoms with Crippen LogP contribution in [0.4, 0.5) is 0 Å². The van der Waals surface area contributed by atoms with E-state index >= 15 is 0 Å². The van der Waals surface area contributed by atoms with Gasteiger partial charge in [-0.3, -0.25) is 4.79 Å². The Hall–Kier alpha value is -1.52. The van der Waals surface area contributed by atoms with Gasteiger partial charge in [-0.25, -0.2) is 0 Å². The average molecular weight is 383 g/mol. The van der Waals surface area contributed by atoms with Gasteiger partial charge in [0.1, 0.15) is 12.4 Å². The fourth-order valence-electron chi connectivity index (χ4n) is 1.90. The van der Waals surface area contributed by atoms with Crippen molar-refractivity contribution in [1.82, 2.24) is 4.90 Å². The maximum Gasteiger partial charge on any atom is 0.226 e. The molecule has 0 aromatic heterocycles. The first-order chi connectivity index (χ1) is 10.6. The zero-order valence-electron chi connectivity index (χ0n) is 12.3. The Morgan fingerprint density at radius 2 is 1.86 bits per heavy atom. The molecule has 22 heavy (non-hydrogen) atoms. The summed E-state index contributed by atoms with van der Waals surface area (Å²) in [7, 11) is 1.77. The zero-order chi connectivity index (χ0) is 15.9. The molecule has 0 saturated heterocycles. The number of nitrogens with zero attached hydrogens (tertiary/aromatic N) is 1. The standard InChI is InChI=1S/C17H17BrClNO2/c1-20(10-11-22-15-8-6-14(18)7-9-15)17(21)12-13-4-2-3-5-16(13)19/h2-9H,10-12H2,1H3. The highest BCUT2D eigenvalue weighted by Crippen LogP contribution is 2.17. The first-order valence-corrected chi connectivity index (χ1v) is 8.09. The number of rotatable bonds is 6. The van der Waals surface area contributed by atoms with Crippen LogP contribution >= 0.6 is 27.5 Å². The summed E-state index contributed by atoms with van der Waals surface area (Å²) in [5, 5.41) is 0.621. The largest absolute Gasteiger partial charge is 0.492 e. The van der Waals surface area contributed by atoms with Crippen molar-refractivity contribution >= 4 is 33.4 Å². The summed E-state index contributed by atoms with van der Waals surface area (Å²) in [6, 6.07) is 15.0. The number of ether oxygens (including phenoxy) is 1. The molecular formula is C17H17BrClNO2. The summed E-state index contributed by atoms with van der Waals surface area (Å²) in [6.07, 6.45) is 0.300. The van der Waals surface area contributed by atoms with Gasteiger partial charge in [0.25, 0.3) is 0 Å². The Kier molecular flexibility index (Phi) is 6.28. The third-order valence-electron chi connectivity index (χ3n) is 3.23. The first kappa shape index (κ1) is 16.8. The van der Waals surface area contributed by atoms with Crippen molar-refractivity contribution in [2.24, 2.45) is 0 Å². The lowest BCUT2D eigenvalue weighted by Crippen LogP contribution is -2.32. The smallest absolute Gasteiger partial charge is 0.226 e. The van der Waals surface area contributed by atoms with Crippen molar-refractivity contribution < 1.29 is 9.53 Å². The topological polar surface area (TPSA) is 29.5 Å². The number of halogens is 2. The van der Waals surface area contributed by atoms with E-state index in [4.69, 9.17) is 16.3 Å². The first-order valence-electron chi connectivity index (χ1n) is 6.92. The Morgan fingerprint density at radius 1 is 1.18 bits per heavy atom. The van der Waals surface area contributed by atoms with Crippen LogP contribution in [0.3, 0.4) is 0 Å². The van der Waals surface area contributed by atoms with E-state index in [2.05, 4.69) is 15.9 Å². The SMILES string of the molecule is CN(CCOc1ccc(Br)cc1)C(=O)Cc1ccccc1Cl. The Balaban J connectivity index is 1.79. The van der Waals surface area contributed by atoms with Gasteiger partial charge in [0, 0.05) is 16.5 Å². The van der Waals surface area contributed by atoms with E-state index in [1.54, 1.807) is 18.0 Å². The van der Waals surface area contributed by atoms with Gasteiger partial charge in [-0.05, 0) is 35.9 Å². The number of hydrogen-bond donors (Lipinski definition) is 0. The monoisotopic (exact) mass is 381 g/mol. The summed E-state index contributed by atoms with van der Waals surface area (Å²) >= 11 is 9.44. The number of carbonyl (C=O) groups is 1. The third kappa shape index (κ3) is 5.04. The molecule has 0 aliphatic carbocycles. The van der Waals surface area contributed by atoms with E-state index in [9.17, 15) is 4.79 Å². The van der Waals surface area contributed by atoms with Crippen LogP contribution in [0, 0.1) is 0 Å². The number of carbonyl (C=O) groups excluding carboxylic acids is 1. The third-order valence-corrected chi connectivity index (χ3v) is 4.13. The van der Waals surface area contributed by atoms with Gasteiger partial charge in [-0.1, -0.05) is 45.7 Å². The molecule has 2 rings (SSSR count). The Morgan fingerprint density at radius 3 is 2.55 bits per heavy atom. The molecule has 5 heteroatoms.